The summed E-state index contributed by atoms with van der Waals surface area (Å²) in [6, 6.07) is 6.68. The molecule has 2 saturated heterocycles. The molecule has 162 valence electrons. The second-order valence-electron chi connectivity index (χ2n) is 8.06. The molecule has 0 aromatic carbocycles. The number of imidazole rings is 1. The van der Waals surface area contributed by atoms with Gasteiger partial charge in [-0.25, -0.2) is 4.98 Å². The number of nitrogens with one attached hydrogen (secondary N) is 2. The Labute approximate surface area is 182 Å². The third-order valence-corrected chi connectivity index (χ3v) is 5.91. The van der Waals surface area contributed by atoms with Crippen molar-refractivity contribution >= 4 is 5.69 Å². The average molecular weight is 421 g/mol. The number of pyridine rings is 2. The van der Waals surface area contributed by atoms with Crippen LogP contribution in [0.3, 0.4) is 0 Å². The molecule has 5 heterocycles. The lowest BCUT2D eigenvalue weighted by Crippen LogP contribution is -2.36. The van der Waals surface area contributed by atoms with Gasteiger partial charge in [-0.2, -0.15) is 0 Å². The van der Waals surface area contributed by atoms with E-state index in [2.05, 4.69) is 44.2 Å². The standard InChI is InChI=1S/C23H28N6O2/c1-16-22(14-26-19-3-7-31-15-19)28-23(27-16)21-11-17(2-4-25-21)18-10-20(13-24-12-18)29-5-8-30-9-6-29/h2,4,10-13,19,26H,3,5-9,14-15H2,1H3,(H,27,28)/t19-/m0/s1. The van der Waals surface area contributed by atoms with Crippen LogP contribution >= 0.6 is 0 Å². The van der Waals surface area contributed by atoms with E-state index in [0.29, 0.717) is 6.04 Å². The smallest absolute Gasteiger partial charge is 0.156 e. The molecule has 0 spiro atoms. The minimum atomic E-state index is 0.409. The number of anilines is 1. The van der Waals surface area contributed by atoms with E-state index >= 15 is 0 Å². The van der Waals surface area contributed by atoms with Gasteiger partial charge in [-0.05, 0) is 37.1 Å². The molecule has 2 aliphatic heterocycles. The van der Waals surface area contributed by atoms with Gasteiger partial charge in [0.1, 0.15) is 5.69 Å². The van der Waals surface area contributed by atoms with Gasteiger partial charge in [0, 0.05) is 55.9 Å². The van der Waals surface area contributed by atoms with Crippen LogP contribution in [0.2, 0.25) is 0 Å². The molecule has 3 aromatic heterocycles. The highest BCUT2D eigenvalue weighted by atomic mass is 16.5. The number of aromatic amines is 1. The van der Waals surface area contributed by atoms with Crippen molar-refractivity contribution in [2.75, 3.05) is 44.4 Å². The Morgan fingerprint density at radius 1 is 1.13 bits per heavy atom. The second-order valence-corrected chi connectivity index (χ2v) is 8.06. The first kappa shape index (κ1) is 20.1. The Balaban J connectivity index is 1.35. The van der Waals surface area contributed by atoms with E-state index in [0.717, 1.165) is 92.2 Å². The maximum absolute atomic E-state index is 5.47. The SMILES string of the molecule is Cc1[nH]c(-c2cc(-c3cncc(N4CCOCC4)c3)ccn2)nc1CN[C@H]1CCOC1. The van der Waals surface area contributed by atoms with Crippen LogP contribution in [0.4, 0.5) is 5.69 Å². The number of nitrogens with zero attached hydrogens (tertiary/aromatic N) is 4. The number of hydrogen-bond donors (Lipinski definition) is 2. The molecule has 8 heteroatoms. The molecule has 2 N–H and O–H groups in total. The molecule has 8 nitrogen and oxygen atoms in total. The Bertz CT molecular complexity index is 1020. The lowest BCUT2D eigenvalue weighted by molar-refractivity contribution is 0.122. The highest BCUT2D eigenvalue weighted by Crippen LogP contribution is 2.27. The Morgan fingerprint density at radius 3 is 2.87 bits per heavy atom. The number of aryl methyl sites for hydroxylation is 1. The fraction of sp³-hybridized carbons (Fsp3) is 0.435. The predicted octanol–water partition coefficient (Wildman–Crippen LogP) is 2.56. The average Bonchev–Trinajstić information content (AvgIpc) is 3.48. The van der Waals surface area contributed by atoms with Crippen LogP contribution in [-0.2, 0) is 16.0 Å². The summed E-state index contributed by atoms with van der Waals surface area (Å²) < 4.78 is 10.9. The molecular weight excluding hydrogens is 392 g/mol. The van der Waals surface area contributed by atoms with Crippen molar-refractivity contribution in [1.29, 1.82) is 0 Å². The van der Waals surface area contributed by atoms with Crippen molar-refractivity contribution in [3.05, 3.63) is 48.2 Å². The first-order chi connectivity index (χ1) is 15.3. The molecule has 0 amide bonds. The maximum Gasteiger partial charge on any atom is 0.156 e. The molecule has 2 fully saturated rings. The summed E-state index contributed by atoms with van der Waals surface area (Å²) in [5.41, 5.74) is 6.17. The van der Waals surface area contributed by atoms with Crippen LogP contribution in [0.5, 0.6) is 0 Å². The summed E-state index contributed by atoms with van der Waals surface area (Å²) in [6.07, 6.45) is 6.70. The number of rotatable bonds is 6. The number of ether oxygens (including phenoxy) is 2. The third-order valence-electron chi connectivity index (χ3n) is 5.91. The van der Waals surface area contributed by atoms with Crippen molar-refractivity contribution in [2.45, 2.75) is 25.9 Å². The zero-order valence-corrected chi connectivity index (χ0v) is 17.8. The van der Waals surface area contributed by atoms with Gasteiger partial charge in [-0.1, -0.05) is 0 Å². The lowest BCUT2D eigenvalue weighted by atomic mass is 10.1. The van der Waals surface area contributed by atoms with Crippen LogP contribution in [0.1, 0.15) is 17.8 Å². The first-order valence-electron chi connectivity index (χ1n) is 10.9. The van der Waals surface area contributed by atoms with E-state index in [1.165, 1.54) is 0 Å². The molecule has 1 atom stereocenters. The van der Waals surface area contributed by atoms with Crippen LogP contribution in [0.25, 0.3) is 22.6 Å². The summed E-state index contributed by atoms with van der Waals surface area (Å²) in [4.78, 5) is 19.5. The monoisotopic (exact) mass is 420 g/mol. The quantitative estimate of drug-likeness (QED) is 0.634. The van der Waals surface area contributed by atoms with E-state index in [1.54, 1.807) is 0 Å². The molecule has 0 radical (unpaired) electrons. The summed E-state index contributed by atoms with van der Waals surface area (Å²) in [5, 5.41) is 3.53. The summed E-state index contributed by atoms with van der Waals surface area (Å²) >= 11 is 0. The number of morpholine rings is 1. The van der Waals surface area contributed by atoms with Gasteiger partial charge >= 0.3 is 0 Å². The van der Waals surface area contributed by atoms with Gasteiger partial charge in [0.2, 0.25) is 0 Å². The molecule has 3 aromatic rings. The zero-order chi connectivity index (χ0) is 21.0. The number of hydrogen-bond acceptors (Lipinski definition) is 7. The van der Waals surface area contributed by atoms with E-state index in [4.69, 9.17) is 14.5 Å². The predicted molar refractivity (Wildman–Crippen MR) is 119 cm³/mol. The highest BCUT2D eigenvalue weighted by Gasteiger charge is 2.17. The van der Waals surface area contributed by atoms with E-state index in [-0.39, 0.29) is 0 Å². The minimum absolute atomic E-state index is 0.409. The van der Waals surface area contributed by atoms with Crippen molar-refractivity contribution in [1.82, 2.24) is 25.3 Å². The third kappa shape index (κ3) is 4.61. The van der Waals surface area contributed by atoms with Gasteiger partial charge in [-0.3, -0.25) is 9.97 Å². The van der Waals surface area contributed by atoms with E-state index in [9.17, 15) is 0 Å². The fourth-order valence-electron chi connectivity index (χ4n) is 4.05. The van der Waals surface area contributed by atoms with Crippen LogP contribution in [0.15, 0.2) is 36.8 Å². The van der Waals surface area contributed by atoms with Gasteiger partial charge in [0.15, 0.2) is 5.82 Å². The fourth-order valence-corrected chi connectivity index (χ4v) is 4.05. The minimum Gasteiger partial charge on any atom is -0.380 e. The van der Waals surface area contributed by atoms with Gasteiger partial charge in [0.25, 0.3) is 0 Å². The maximum atomic E-state index is 5.47. The van der Waals surface area contributed by atoms with E-state index in [1.807, 2.05) is 24.7 Å². The van der Waals surface area contributed by atoms with E-state index < -0.39 is 0 Å². The van der Waals surface area contributed by atoms with Crippen LogP contribution < -0.4 is 10.2 Å². The van der Waals surface area contributed by atoms with Crippen molar-refractivity contribution in [2.24, 2.45) is 0 Å². The molecule has 0 unspecified atom stereocenters. The van der Waals surface area contributed by atoms with Crippen LogP contribution in [0, 0.1) is 6.92 Å². The second kappa shape index (κ2) is 9.13. The summed E-state index contributed by atoms with van der Waals surface area (Å²) in [6.45, 7) is 7.68. The molecule has 0 aliphatic carbocycles. The normalized spacial score (nSPS) is 19.1. The van der Waals surface area contributed by atoms with Crippen molar-refractivity contribution in [3.8, 4) is 22.6 Å². The summed E-state index contributed by atoms with van der Waals surface area (Å²) in [5.74, 6) is 0.788. The molecule has 0 bridgehead atoms. The van der Waals surface area contributed by atoms with Gasteiger partial charge < -0.3 is 24.7 Å². The van der Waals surface area contributed by atoms with Crippen LogP contribution in [-0.4, -0.2) is 65.5 Å². The van der Waals surface area contributed by atoms with Gasteiger partial charge in [0.05, 0.1) is 37.4 Å². The zero-order valence-electron chi connectivity index (χ0n) is 17.8. The Kier molecular flexibility index (Phi) is 5.93. The molecule has 2 aliphatic rings. The van der Waals surface area contributed by atoms with Crippen molar-refractivity contribution in [3.63, 3.8) is 0 Å². The molecule has 31 heavy (non-hydrogen) atoms. The topological polar surface area (TPSA) is 88.2 Å². The highest BCUT2D eigenvalue weighted by molar-refractivity contribution is 5.70. The largest absolute Gasteiger partial charge is 0.380 e. The molecule has 0 saturated carbocycles. The lowest BCUT2D eigenvalue weighted by Gasteiger charge is -2.28. The molecule has 5 rings (SSSR count). The van der Waals surface area contributed by atoms with Gasteiger partial charge in [-0.15, -0.1) is 0 Å². The Morgan fingerprint density at radius 2 is 2.03 bits per heavy atom. The first-order valence-corrected chi connectivity index (χ1v) is 10.9. The molecular formula is C23H28N6O2. The Hall–Kier alpha value is -2.81. The summed E-state index contributed by atoms with van der Waals surface area (Å²) in [7, 11) is 0. The number of H-pyrrole nitrogens is 1. The number of aromatic nitrogens is 4. The van der Waals surface area contributed by atoms with Crippen molar-refractivity contribution < 1.29 is 9.47 Å².